The number of nitrogens with zero attached hydrogens (tertiary/aromatic N) is 4. The molecule has 0 radical (unpaired) electrons. The third-order valence-electron chi connectivity index (χ3n) is 6.27. The molecule has 0 bridgehead atoms. The van der Waals surface area contributed by atoms with Gasteiger partial charge in [0.05, 0.1) is 29.7 Å². The number of benzene rings is 2. The largest absolute Gasteiger partial charge is 0.438 e. The van der Waals surface area contributed by atoms with E-state index in [1.54, 1.807) is 37.1 Å². The number of nitriles is 1. The van der Waals surface area contributed by atoms with Gasteiger partial charge in [-0.15, -0.1) is 0 Å². The van der Waals surface area contributed by atoms with Crippen LogP contribution in [0.25, 0.3) is 11.3 Å². The molecule has 1 aliphatic rings. The van der Waals surface area contributed by atoms with Gasteiger partial charge in [-0.05, 0) is 44.0 Å². The zero-order valence-electron chi connectivity index (χ0n) is 19.9. The number of amides is 1. The first-order chi connectivity index (χ1) is 16.6. The molecule has 1 N–H and O–H groups in total. The summed E-state index contributed by atoms with van der Waals surface area (Å²) in [5.41, 5.74) is 1.08. The Morgan fingerprint density at radius 2 is 1.89 bits per heavy atom. The molecule has 1 aliphatic heterocycles. The standard InChI is InChI=1S/C27H27FN4O3/c1-18(19-4-6-20(7-5-19)24-16-30-15-23(14-29)31-24)32-13-12-27(35-25(32)33,17-26(2,3)34)21-8-10-22(28)11-9-21/h4-11,15-16,18,34H,12-13,17H2,1-3H3. The van der Waals surface area contributed by atoms with E-state index in [0.29, 0.717) is 24.2 Å². The molecular formula is C27H27FN4O3. The average Bonchev–Trinajstić information content (AvgIpc) is 2.83. The molecule has 0 aliphatic carbocycles. The van der Waals surface area contributed by atoms with E-state index >= 15 is 0 Å². The summed E-state index contributed by atoms with van der Waals surface area (Å²) in [5.74, 6) is -0.377. The van der Waals surface area contributed by atoms with Crippen LogP contribution >= 0.6 is 0 Å². The van der Waals surface area contributed by atoms with Crippen molar-refractivity contribution in [2.24, 2.45) is 0 Å². The van der Waals surface area contributed by atoms with Crippen LogP contribution in [0.1, 0.15) is 56.5 Å². The Balaban J connectivity index is 1.54. The fourth-order valence-electron chi connectivity index (χ4n) is 4.57. The quantitative estimate of drug-likeness (QED) is 0.533. The van der Waals surface area contributed by atoms with Gasteiger partial charge < -0.3 is 14.7 Å². The summed E-state index contributed by atoms with van der Waals surface area (Å²) in [7, 11) is 0. The highest BCUT2D eigenvalue weighted by molar-refractivity contribution is 5.70. The highest BCUT2D eigenvalue weighted by atomic mass is 19.1. The van der Waals surface area contributed by atoms with Crippen LogP contribution in [-0.2, 0) is 10.3 Å². The summed E-state index contributed by atoms with van der Waals surface area (Å²) in [6.07, 6.45) is 3.16. The van der Waals surface area contributed by atoms with Crippen LogP contribution in [0.5, 0.6) is 0 Å². The molecule has 1 fully saturated rings. The summed E-state index contributed by atoms with van der Waals surface area (Å²) < 4.78 is 19.5. The topological polar surface area (TPSA) is 99.3 Å². The first-order valence-electron chi connectivity index (χ1n) is 11.4. The van der Waals surface area contributed by atoms with E-state index in [1.165, 1.54) is 18.3 Å². The van der Waals surface area contributed by atoms with Gasteiger partial charge in [0.25, 0.3) is 0 Å². The predicted octanol–water partition coefficient (Wildman–Crippen LogP) is 5.11. The maximum atomic E-state index is 13.5. The van der Waals surface area contributed by atoms with Crippen molar-refractivity contribution in [2.45, 2.75) is 50.9 Å². The monoisotopic (exact) mass is 474 g/mol. The second kappa shape index (κ2) is 9.43. The van der Waals surface area contributed by atoms with E-state index < -0.39 is 17.3 Å². The summed E-state index contributed by atoms with van der Waals surface area (Å²) >= 11 is 0. The Labute approximate surface area is 203 Å². The van der Waals surface area contributed by atoms with Gasteiger partial charge in [0.15, 0.2) is 5.69 Å². The van der Waals surface area contributed by atoms with Crippen LogP contribution in [0.15, 0.2) is 60.9 Å². The maximum Gasteiger partial charge on any atom is 0.411 e. The van der Waals surface area contributed by atoms with Gasteiger partial charge in [-0.1, -0.05) is 36.4 Å². The molecule has 0 spiro atoms. The Kier molecular flexibility index (Phi) is 6.55. The molecule has 0 saturated carbocycles. The van der Waals surface area contributed by atoms with Crippen LogP contribution in [0.4, 0.5) is 9.18 Å². The normalized spacial score (nSPS) is 19.1. The van der Waals surface area contributed by atoms with Crippen molar-refractivity contribution < 1.29 is 19.0 Å². The van der Waals surface area contributed by atoms with Gasteiger partial charge in [0.2, 0.25) is 0 Å². The first kappa shape index (κ1) is 24.3. The van der Waals surface area contributed by atoms with Crippen LogP contribution in [-0.4, -0.2) is 38.2 Å². The second-order valence-electron chi connectivity index (χ2n) is 9.50. The Bertz CT molecular complexity index is 1250. The van der Waals surface area contributed by atoms with Crippen LogP contribution in [0.3, 0.4) is 0 Å². The lowest BCUT2D eigenvalue weighted by Gasteiger charge is -2.45. The molecule has 2 atom stereocenters. The Hall–Kier alpha value is -3.83. The van der Waals surface area contributed by atoms with Crippen LogP contribution in [0, 0.1) is 17.1 Å². The van der Waals surface area contributed by atoms with Gasteiger partial charge in [-0.2, -0.15) is 5.26 Å². The van der Waals surface area contributed by atoms with Crippen molar-refractivity contribution in [3.63, 3.8) is 0 Å². The van der Waals surface area contributed by atoms with E-state index in [9.17, 15) is 14.3 Å². The molecule has 2 heterocycles. The minimum atomic E-state index is -1.09. The molecule has 7 nitrogen and oxygen atoms in total. The van der Waals surface area contributed by atoms with Gasteiger partial charge >= 0.3 is 6.09 Å². The average molecular weight is 475 g/mol. The van der Waals surface area contributed by atoms with E-state index in [1.807, 2.05) is 37.3 Å². The number of halogens is 1. The van der Waals surface area contributed by atoms with E-state index in [2.05, 4.69) is 9.97 Å². The van der Waals surface area contributed by atoms with Gasteiger partial charge in [0, 0.05) is 24.9 Å². The lowest BCUT2D eigenvalue weighted by Crippen LogP contribution is -2.51. The summed E-state index contributed by atoms with van der Waals surface area (Å²) in [6.45, 7) is 5.66. The van der Waals surface area contributed by atoms with Gasteiger partial charge in [-0.25, -0.2) is 14.2 Å². The molecule has 4 rings (SSSR count). The predicted molar refractivity (Wildman–Crippen MR) is 127 cm³/mol. The summed E-state index contributed by atoms with van der Waals surface area (Å²) in [6, 6.07) is 15.2. The zero-order valence-corrected chi connectivity index (χ0v) is 19.9. The van der Waals surface area contributed by atoms with E-state index in [0.717, 1.165) is 11.1 Å². The maximum absolute atomic E-state index is 13.5. The minimum Gasteiger partial charge on any atom is -0.438 e. The lowest BCUT2D eigenvalue weighted by molar-refractivity contribution is -0.101. The van der Waals surface area contributed by atoms with Crippen molar-refractivity contribution in [1.82, 2.24) is 14.9 Å². The van der Waals surface area contributed by atoms with E-state index in [-0.39, 0.29) is 24.0 Å². The van der Waals surface area contributed by atoms with Crippen molar-refractivity contribution in [1.29, 1.82) is 5.26 Å². The van der Waals surface area contributed by atoms with E-state index in [4.69, 9.17) is 10.00 Å². The molecule has 180 valence electrons. The molecule has 2 unspecified atom stereocenters. The number of hydrogen-bond donors (Lipinski definition) is 1. The summed E-state index contributed by atoms with van der Waals surface area (Å²) in [5, 5.41) is 19.6. The minimum absolute atomic E-state index is 0.192. The van der Waals surface area contributed by atoms with Crippen LogP contribution < -0.4 is 0 Å². The number of rotatable bonds is 6. The van der Waals surface area contributed by atoms with Crippen LogP contribution in [0.2, 0.25) is 0 Å². The molecule has 2 aromatic carbocycles. The number of ether oxygens (including phenoxy) is 1. The Morgan fingerprint density at radius 3 is 2.49 bits per heavy atom. The third-order valence-corrected chi connectivity index (χ3v) is 6.27. The summed E-state index contributed by atoms with van der Waals surface area (Å²) in [4.78, 5) is 23.2. The molecule has 35 heavy (non-hydrogen) atoms. The molecule has 1 saturated heterocycles. The zero-order chi connectivity index (χ0) is 25.2. The SMILES string of the molecule is CC(c1ccc(-c2cncc(C#N)n2)cc1)N1CCC(CC(C)(C)O)(c2ccc(F)cc2)OC1=O. The third kappa shape index (κ3) is 5.31. The number of hydrogen-bond acceptors (Lipinski definition) is 6. The fourth-order valence-corrected chi connectivity index (χ4v) is 4.57. The number of carbonyl (C=O) groups excluding carboxylic acids is 1. The smallest absolute Gasteiger partial charge is 0.411 e. The highest BCUT2D eigenvalue weighted by Crippen LogP contribution is 2.42. The number of carbonyl (C=O) groups is 1. The van der Waals surface area contributed by atoms with Crippen molar-refractivity contribution in [2.75, 3.05) is 6.54 Å². The lowest BCUT2D eigenvalue weighted by atomic mass is 9.80. The molecular weight excluding hydrogens is 447 g/mol. The highest BCUT2D eigenvalue weighted by Gasteiger charge is 2.46. The number of aliphatic hydroxyl groups is 1. The Morgan fingerprint density at radius 1 is 1.20 bits per heavy atom. The van der Waals surface area contributed by atoms with Crippen molar-refractivity contribution in [3.05, 3.63) is 83.6 Å². The van der Waals surface area contributed by atoms with Gasteiger partial charge in [-0.3, -0.25) is 4.98 Å². The first-order valence-corrected chi connectivity index (χ1v) is 11.4. The van der Waals surface area contributed by atoms with Crippen molar-refractivity contribution in [3.8, 4) is 17.3 Å². The van der Waals surface area contributed by atoms with Gasteiger partial charge in [0.1, 0.15) is 17.5 Å². The number of aromatic nitrogens is 2. The molecule has 8 heteroatoms. The molecule has 1 aromatic heterocycles. The second-order valence-corrected chi connectivity index (χ2v) is 9.50. The fraction of sp³-hybridized carbons (Fsp3) is 0.333. The molecule has 3 aromatic rings. The number of cyclic esters (lactones) is 1. The van der Waals surface area contributed by atoms with Crippen molar-refractivity contribution >= 4 is 6.09 Å². The molecule has 1 amide bonds.